The van der Waals surface area contributed by atoms with E-state index in [1.807, 2.05) is 36.5 Å². The highest BCUT2D eigenvalue weighted by atomic mass is 32.1. The molecule has 1 N–H and O–H groups in total. The van der Waals surface area contributed by atoms with Crippen molar-refractivity contribution >= 4 is 11.3 Å². The van der Waals surface area contributed by atoms with E-state index < -0.39 is 0 Å². The van der Waals surface area contributed by atoms with Crippen molar-refractivity contribution in [2.45, 2.75) is 26.4 Å². The Balaban J connectivity index is 1.63. The van der Waals surface area contributed by atoms with Gasteiger partial charge in [0.2, 0.25) is 11.8 Å². The molecule has 0 aliphatic rings. The van der Waals surface area contributed by atoms with Crippen molar-refractivity contribution in [3.05, 3.63) is 52.3 Å². The molecule has 2 heterocycles. The van der Waals surface area contributed by atoms with Gasteiger partial charge in [-0.05, 0) is 26.0 Å². The predicted molar refractivity (Wildman–Crippen MR) is 81.8 cm³/mol. The van der Waals surface area contributed by atoms with Crippen molar-refractivity contribution in [3.63, 3.8) is 0 Å². The molecule has 0 fully saturated rings. The summed E-state index contributed by atoms with van der Waals surface area (Å²) < 4.78 is 5.66. The lowest BCUT2D eigenvalue weighted by Crippen LogP contribution is -2.18. The Morgan fingerprint density at radius 1 is 1.24 bits per heavy atom. The molecular formula is C15H16N4OS. The molecule has 0 bridgehead atoms. The first-order chi connectivity index (χ1) is 10.2. The Labute approximate surface area is 127 Å². The minimum Gasteiger partial charge on any atom is -0.419 e. The summed E-state index contributed by atoms with van der Waals surface area (Å²) in [5.74, 6) is 1.12. The second-order valence-corrected chi connectivity index (χ2v) is 6.05. The molecule has 0 saturated heterocycles. The zero-order valence-electron chi connectivity index (χ0n) is 11.9. The standard InChI is InChI=1S/C15H16N4OS/c1-10-8-17-15(21-10)11(2)16-9-13-18-19-14(20-13)12-6-4-3-5-7-12/h3-8,11,16H,9H2,1-2H3. The maximum atomic E-state index is 5.66. The fourth-order valence-corrected chi connectivity index (χ4v) is 2.72. The van der Waals surface area contributed by atoms with Gasteiger partial charge in [0.15, 0.2) is 0 Å². The van der Waals surface area contributed by atoms with Crippen molar-refractivity contribution in [3.8, 4) is 11.5 Å². The molecule has 0 saturated carbocycles. The molecule has 2 aromatic heterocycles. The van der Waals surface area contributed by atoms with Crippen LogP contribution in [0.15, 0.2) is 40.9 Å². The van der Waals surface area contributed by atoms with E-state index in [9.17, 15) is 0 Å². The summed E-state index contributed by atoms with van der Waals surface area (Å²) in [7, 11) is 0. The number of benzene rings is 1. The van der Waals surface area contributed by atoms with Crippen LogP contribution >= 0.6 is 11.3 Å². The van der Waals surface area contributed by atoms with Crippen LogP contribution in [0.5, 0.6) is 0 Å². The van der Waals surface area contributed by atoms with E-state index in [4.69, 9.17) is 4.42 Å². The van der Waals surface area contributed by atoms with Crippen LogP contribution in [0.2, 0.25) is 0 Å². The van der Waals surface area contributed by atoms with Gasteiger partial charge in [0, 0.05) is 16.6 Å². The van der Waals surface area contributed by atoms with Crippen LogP contribution < -0.4 is 5.32 Å². The number of hydrogen-bond donors (Lipinski definition) is 1. The summed E-state index contributed by atoms with van der Waals surface area (Å²) in [6.45, 7) is 4.66. The first-order valence-electron chi connectivity index (χ1n) is 6.76. The van der Waals surface area contributed by atoms with Gasteiger partial charge >= 0.3 is 0 Å². The number of hydrogen-bond acceptors (Lipinski definition) is 6. The van der Waals surface area contributed by atoms with Crippen molar-refractivity contribution < 1.29 is 4.42 Å². The van der Waals surface area contributed by atoms with E-state index in [1.165, 1.54) is 4.88 Å². The second kappa shape index (κ2) is 6.15. The largest absolute Gasteiger partial charge is 0.419 e. The van der Waals surface area contributed by atoms with E-state index in [2.05, 4.69) is 34.3 Å². The Morgan fingerprint density at radius 2 is 2.05 bits per heavy atom. The fraction of sp³-hybridized carbons (Fsp3) is 0.267. The Morgan fingerprint density at radius 3 is 2.76 bits per heavy atom. The fourth-order valence-electron chi connectivity index (χ4n) is 1.92. The van der Waals surface area contributed by atoms with Gasteiger partial charge in [-0.25, -0.2) is 4.98 Å². The first kappa shape index (κ1) is 13.9. The summed E-state index contributed by atoms with van der Waals surface area (Å²) in [6, 6.07) is 9.92. The van der Waals surface area contributed by atoms with E-state index in [1.54, 1.807) is 11.3 Å². The molecule has 0 amide bonds. The first-order valence-corrected chi connectivity index (χ1v) is 7.57. The van der Waals surface area contributed by atoms with Crippen LogP contribution in [0, 0.1) is 6.92 Å². The van der Waals surface area contributed by atoms with Crippen molar-refractivity contribution in [2.75, 3.05) is 0 Å². The number of nitrogens with one attached hydrogen (secondary N) is 1. The minimum absolute atomic E-state index is 0.163. The third kappa shape index (κ3) is 3.34. The molecular weight excluding hydrogens is 284 g/mol. The molecule has 0 aliphatic carbocycles. The van der Waals surface area contributed by atoms with Crippen LogP contribution in [-0.4, -0.2) is 15.2 Å². The third-order valence-corrected chi connectivity index (χ3v) is 4.15. The second-order valence-electron chi connectivity index (χ2n) is 4.78. The van der Waals surface area contributed by atoms with Crippen LogP contribution in [0.3, 0.4) is 0 Å². The summed E-state index contributed by atoms with van der Waals surface area (Å²) in [4.78, 5) is 5.58. The molecule has 108 valence electrons. The number of aromatic nitrogens is 3. The molecule has 6 heteroatoms. The van der Waals surface area contributed by atoms with Crippen LogP contribution in [-0.2, 0) is 6.54 Å². The van der Waals surface area contributed by atoms with Gasteiger partial charge in [-0.2, -0.15) is 0 Å². The van der Waals surface area contributed by atoms with E-state index in [-0.39, 0.29) is 6.04 Å². The predicted octanol–water partition coefficient (Wildman–Crippen LogP) is 3.35. The Hall–Kier alpha value is -2.05. The van der Waals surface area contributed by atoms with Crippen LogP contribution in [0.1, 0.15) is 28.7 Å². The summed E-state index contributed by atoms with van der Waals surface area (Å²) >= 11 is 1.69. The third-order valence-electron chi connectivity index (χ3n) is 3.06. The SMILES string of the molecule is Cc1cnc(C(C)NCc2nnc(-c3ccccc3)o2)s1. The van der Waals surface area contributed by atoms with Crippen LogP contribution in [0.4, 0.5) is 0 Å². The van der Waals surface area contributed by atoms with E-state index in [0.29, 0.717) is 18.3 Å². The van der Waals surface area contributed by atoms with E-state index in [0.717, 1.165) is 10.6 Å². The zero-order chi connectivity index (χ0) is 14.7. The lowest BCUT2D eigenvalue weighted by molar-refractivity contribution is 0.454. The average molecular weight is 300 g/mol. The highest BCUT2D eigenvalue weighted by Gasteiger charge is 2.12. The lowest BCUT2D eigenvalue weighted by atomic mass is 10.2. The normalized spacial score (nSPS) is 12.5. The van der Waals surface area contributed by atoms with Gasteiger partial charge in [-0.3, -0.25) is 5.32 Å². The summed E-state index contributed by atoms with van der Waals surface area (Å²) in [5, 5.41) is 12.5. The minimum atomic E-state index is 0.163. The Bertz CT molecular complexity index is 707. The summed E-state index contributed by atoms with van der Waals surface area (Å²) in [5.41, 5.74) is 0.930. The van der Waals surface area contributed by atoms with Crippen molar-refractivity contribution in [1.82, 2.24) is 20.5 Å². The Kier molecular flexibility index (Phi) is 4.08. The van der Waals surface area contributed by atoms with Gasteiger partial charge in [-0.1, -0.05) is 18.2 Å². The molecule has 1 atom stereocenters. The molecule has 1 aromatic carbocycles. The van der Waals surface area contributed by atoms with Gasteiger partial charge < -0.3 is 4.42 Å². The molecule has 0 radical (unpaired) electrons. The molecule has 0 aliphatic heterocycles. The van der Waals surface area contributed by atoms with Gasteiger partial charge in [0.1, 0.15) is 5.01 Å². The number of thiazole rings is 1. The van der Waals surface area contributed by atoms with Crippen molar-refractivity contribution in [1.29, 1.82) is 0 Å². The maximum absolute atomic E-state index is 5.66. The summed E-state index contributed by atoms with van der Waals surface area (Å²) in [6.07, 6.45) is 1.89. The molecule has 5 nitrogen and oxygen atoms in total. The topological polar surface area (TPSA) is 63.8 Å². The number of nitrogens with zero attached hydrogens (tertiary/aromatic N) is 3. The highest BCUT2D eigenvalue weighted by molar-refractivity contribution is 7.11. The van der Waals surface area contributed by atoms with Gasteiger partial charge in [0.25, 0.3) is 0 Å². The highest BCUT2D eigenvalue weighted by Crippen LogP contribution is 2.20. The lowest BCUT2D eigenvalue weighted by Gasteiger charge is -2.08. The molecule has 21 heavy (non-hydrogen) atoms. The number of rotatable bonds is 5. The average Bonchev–Trinajstić information content (AvgIpc) is 3.15. The number of aryl methyl sites for hydroxylation is 1. The van der Waals surface area contributed by atoms with Gasteiger partial charge in [-0.15, -0.1) is 21.5 Å². The molecule has 0 spiro atoms. The van der Waals surface area contributed by atoms with E-state index >= 15 is 0 Å². The van der Waals surface area contributed by atoms with Gasteiger partial charge in [0.05, 0.1) is 12.6 Å². The zero-order valence-corrected chi connectivity index (χ0v) is 12.7. The molecule has 3 rings (SSSR count). The monoisotopic (exact) mass is 300 g/mol. The smallest absolute Gasteiger partial charge is 0.247 e. The van der Waals surface area contributed by atoms with Crippen molar-refractivity contribution in [2.24, 2.45) is 0 Å². The molecule has 3 aromatic rings. The maximum Gasteiger partial charge on any atom is 0.247 e. The molecule has 1 unspecified atom stereocenters. The quantitative estimate of drug-likeness (QED) is 0.783. The van der Waals surface area contributed by atoms with Crippen LogP contribution in [0.25, 0.3) is 11.5 Å².